The van der Waals surface area contributed by atoms with E-state index in [4.69, 9.17) is 9.47 Å². The molecule has 0 aromatic heterocycles. The topological polar surface area (TPSA) is 52.6 Å². The molecule has 0 amide bonds. The lowest BCUT2D eigenvalue weighted by molar-refractivity contribution is -0.149. The number of esters is 2. The minimum Gasteiger partial charge on any atom is -0.465 e. The van der Waals surface area contributed by atoms with Crippen LogP contribution >= 0.6 is 0 Å². The maximum Gasteiger partial charge on any atom is 0.308 e. The molecule has 0 saturated heterocycles. The van der Waals surface area contributed by atoms with Crippen molar-refractivity contribution < 1.29 is 19.1 Å². The van der Waals surface area contributed by atoms with Gasteiger partial charge in [-0.05, 0) is 24.7 Å². The van der Waals surface area contributed by atoms with E-state index in [1.807, 2.05) is 6.92 Å². The van der Waals surface area contributed by atoms with Gasteiger partial charge >= 0.3 is 11.9 Å². The monoisotopic (exact) mass is 440 g/mol. The summed E-state index contributed by atoms with van der Waals surface area (Å²) in [6.45, 7) is 11.3. The van der Waals surface area contributed by atoms with Crippen LogP contribution in [0.2, 0.25) is 0 Å². The third-order valence-electron chi connectivity index (χ3n) is 5.56. The molecule has 0 rings (SSSR count). The summed E-state index contributed by atoms with van der Waals surface area (Å²) in [5.41, 5.74) is 0. The van der Waals surface area contributed by atoms with Crippen LogP contribution in [0.15, 0.2) is 0 Å². The molecule has 0 N–H and O–H groups in total. The molecule has 0 aliphatic heterocycles. The van der Waals surface area contributed by atoms with Crippen molar-refractivity contribution in [1.82, 2.24) is 0 Å². The van der Waals surface area contributed by atoms with Gasteiger partial charge in [-0.3, -0.25) is 9.59 Å². The molecule has 0 aliphatic carbocycles. The van der Waals surface area contributed by atoms with Crippen molar-refractivity contribution in [3.8, 4) is 0 Å². The molecule has 0 heterocycles. The van der Waals surface area contributed by atoms with Crippen molar-refractivity contribution in [2.75, 3.05) is 13.2 Å². The molecule has 31 heavy (non-hydrogen) atoms. The molecule has 0 radical (unpaired) electrons. The minimum absolute atomic E-state index is 0.0298. The summed E-state index contributed by atoms with van der Waals surface area (Å²) in [4.78, 5) is 23.4. The van der Waals surface area contributed by atoms with E-state index < -0.39 is 0 Å². The van der Waals surface area contributed by atoms with Gasteiger partial charge in [0.25, 0.3) is 0 Å². The molecular weight excluding hydrogens is 388 g/mol. The maximum absolute atomic E-state index is 11.8. The maximum atomic E-state index is 11.8. The van der Waals surface area contributed by atoms with E-state index in [1.54, 1.807) is 0 Å². The first kappa shape index (κ1) is 29.9. The Labute approximate surface area is 193 Å². The first-order valence-electron chi connectivity index (χ1n) is 13.1. The highest BCUT2D eigenvalue weighted by atomic mass is 16.5. The quantitative estimate of drug-likeness (QED) is 0.135. The molecule has 1 unspecified atom stereocenters. The molecule has 0 saturated carbocycles. The molecule has 184 valence electrons. The molecule has 0 fully saturated rings. The van der Waals surface area contributed by atoms with E-state index in [-0.39, 0.29) is 17.9 Å². The van der Waals surface area contributed by atoms with E-state index in [2.05, 4.69) is 27.7 Å². The molecule has 0 aliphatic rings. The highest BCUT2D eigenvalue weighted by Crippen LogP contribution is 2.16. The number of hydrogen-bond acceptors (Lipinski definition) is 4. The summed E-state index contributed by atoms with van der Waals surface area (Å²) in [6.07, 6.45) is 17.8. The Morgan fingerprint density at radius 2 is 0.935 bits per heavy atom. The third-order valence-corrected chi connectivity index (χ3v) is 5.56. The second kappa shape index (κ2) is 20.8. The smallest absolute Gasteiger partial charge is 0.308 e. The standard InChI is InChI=1S/C27H52O4/c1-23(2)21-30-26(28)20-18-16-14-12-10-8-6-7-9-11-13-15-17-19-25(5)27(29)31-22-24(3)4/h23-25H,6-22H2,1-5H3. The number of carbonyl (C=O) groups is 2. The van der Waals surface area contributed by atoms with Gasteiger partial charge in [-0.25, -0.2) is 0 Å². The fourth-order valence-electron chi connectivity index (χ4n) is 3.51. The van der Waals surface area contributed by atoms with Crippen LogP contribution in [-0.2, 0) is 19.1 Å². The van der Waals surface area contributed by atoms with Crippen LogP contribution in [0.25, 0.3) is 0 Å². The largest absolute Gasteiger partial charge is 0.465 e. The van der Waals surface area contributed by atoms with E-state index >= 15 is 0 Å². The fourth-order valence-corrected chi connectivity index (χ4v) is 3.51. The summed E-state index contributed by atoms with van der Waals surface area (Å²) in [7, 11) is 0. The molecule has 0 aromatic carbocycles. The van der Waals surface area contributed by atoms with Crippen molar-refractivity contribution in [2.24, 2.45) is 17.8 Å². The first-order valence-corrected chi connectivity index (χ1v) is 13.1. The second-order valence-electron chi connectivity index (χ2n) is 10.1. The van der Waals surface area contributed by atoms with Crippen molar-refractivity contribution in [3.05, 3.63) is 0 Å². The normalized spacial score (nSPS) is 12.4. The van der Waals surface area contributed by atoms with Crippen molar-refractivity contribution in [3.63, 3.8) is 0 Å². The fraction of sp³-hybridized carbons (Fsp3) is 0.926. The lowest BCUT2D eigenvalue weighted by Gasteiger charge is -2.12. The van der Waals surface area contributed by atoms with Gasteiger partial charge in [0.15, 0.2) is 0 Å². The van der Waals surface area contributed by atoms with Crippen LogP contribution in [0.5, 0.6) is 0 Å². The van der Waals surface area contributed by atoms with Crippen molar-refractivity contribution in [1.29, 1.82) is 0 Å². The predicted octanol–water partition coefficient (Wildman–Crippen LogP) is 7.87. The Morgan fingerprint density at radius 1 is 0.548 bits per heavy atom. The third kappa shape index (κ3) is 21.9. The van der Waals surface area contributed by atoms with Gasteiger partial charge < -0.3 is 9.47 Å². The van der Waals surface area contributed by atoms with Gasteiger partial charge in [-0.2, -0.15) is 0 Å². The Balaban J connectivity index is 3.28. The molecule has 1 atom stereocenters. The van der Waals surface area contributed by atoms with Crippen LogP contribution < -0.4 is 0 Å². The van der Waals surface area contributed by atoms with Crippen LogP contribution in [0.3, 0.4) is 0 Å². The predicted molar refractivity (Wildman–Crippen MR) is 130 cm³/mol. The van der Waals surface area contributed by atoms with E-state index in [0.717, 1.165) is 25.7 Å². The molecule has 0 bridgehead atoms. The minimum atomic E-state index is -0.0349. The van der Waals surface area contributed by atoms with E-state index in [0.29, 0.717) is 31.5 Å². The first-order chi connectivity index (χ1) is 14.8. The molecule has 0 spiro atoms. The lowest BCUT2D eigenvalue weighted by atomic mass is 10.0. The average molecular weight is 441 g/mol. The highest BCUT2D eigenvalue weighted by molar-refractivity contribution is 5.71. The summed E-state index contributed by atoms with van der Waals surface area (Å²) >= 11 is 0. The average Bonchev–Trinajstić information content (AvgIpc) is 2.72. The Bertz CT molecular complexity index is 431. The number of ether oxygens (including phenoxy) is 2. The zero-order valence-corrected chi connectivity index (χ0v) is 21.4. The summed E-state index contributed by atoms with van der Waals surface area (Å²) in [5.74, 6) is 0.806. The summed E-state index contributed by atoms with van der Waals surface area (Å²) in [6, 6.07) is 0. The molecule has 4 nitrogen and oxygen atoms in total. The van der Waals surface area contributed by atoms with Crippen LogP contribution in [0.1, 0.15) is 131 Å². The van der Waals surface area contributed by atoms with E-state index in [9.17, 15) is 9.59 Å². The van der Waals surface area contributed by atoms with Crippen molar-refractivity contribution >= 4 is 11.9 Å². The van der Waals surface area contributed by atoms with E-state index in [1.165, 1.54) is 64.2 Å². The number of rotatable bonds is 21. The van der Waals surface area contributed by atoms with Crippen LogP contribution in [0.4, 0.5) is 0 Å². The van der Waals surface area contributed by atoms with Gasteiger partial charge in [0.05, 0.1) is 19.1 Å². The van der Waals surface area contributed by atoms with Crippen LogP contribution in [-0.4, -0.2) is 25.2 Å². The number of carbonyl (C=O) groups excluding carboxylic acids is 2. The number of unbranched alkanes of at least 4 members (excludes halogenated alkanes) is 12. The van der Waals surface area contributed by atoms with Gasteiger partial charge in [-0.15, -0.1) is 0 Å². The lowest BCUT2D eigenvalue weighted by Crippen LogP contribution is -2.17. The highest BCUT2D eigenvalue weighted by Gasteiger charge is 2.14. The molecule has 0 aromatic rings. The van der Waals surface area contributed by atoms with Gasteiger partial charge in [0.2, 0.25) is 0 Å². The summed E-state index contributed by atoms with van der Waals surface area (Å²) < 4.78 is 10.5. The van der Waals surface area contributed by atoms with Crippen LogP contribution in [0, 0.1) is 17.8 Å². The second-order valence-corrected chi connectivity index (χ2v) is 10.1. The SMILES string of the molecule is CC(C)COC(=O)CCCCCCCCCCCCCCCC(C)C(=O)OCC(C)C. The number of hydrogen-bond donors (Lipinski definition) is 0. The molecule has 4 heteroatoms. The Morgan fingerprint density at radius 3 is 1.39 bits per heavy atom. The Hall–Kier alpha value is -1.06. The van der Waals surface area contributed by atoms with Gasteiger partial charge in [-0.1, -0.05) is 112 Å². The van der Waals surface area contributed by atoms with Crippen molar-refractivity contribution in [2.45, 2.75) is 131 Å². The Kier molecular flexibility index (Phi) is 20.1. The summed E-state index contributed by atoms with van der Waals surface area (Å²) in [5, 5.41) is 0. The molecular formula is C27H52O4. The zero-order valence-electron chi connectivity index (χ0n) is 21.4. The van der Waals surface area contributed by atoms with Gasteiger partial charge in [0, 0.05) is 6.42 Å². The van der Waals surface area contributed by atoms with Gasteiger partial charge in [0.1, 0.15) is 0 Å². The zero-order chi connectivity index (χ0) is 23.3.